The van der Waals surface area contributed by atoms with Crippen molar-refractivity contribution in [1.82, 2.24) is 4.72 Å². The van der Waals surface area contributed by atoms with Gasteiger partial charge in [-0.25, -0.2) is 0 Å². The van der Waals surface area contributed by atoms with Gasteiger partial charge >= 0.3 is 5.97 Å². The molecular formula is C13H25NO3S. The summed E-state index contributed by atoms with van der Waals surface area (Å²) in [6.45, 7) is 4.92. The van der Waals surface area contributed by atoms with E-state index in [0.29, 0.717) is 11.8 Å². The molecule has 0 spiro atoms. The molecule has 18 heavy (non-hydrogen) atoms. The van der Waals surface area contributed by atoms with E-state index in [2.05, 4.69) is 18.6 Å². The van der Waals surface area contributed by atoms with Gasteiger partial charge in [-0.2, -0.15) is 0 Å². The van der Waals surface area contributed by atoms with E-state index in [9.17, 15) is 9.90 Å². The fourth-order valence-corrected chi connectivity index (χ4v) is 3.84. The Labute approximate surface area is 114 Å². The Morgan fingerprint density at radius 1 is 1.50 bits per heavy atom. The molecule has 0 bridgehead atoms. The summed E-state index contributed by atoms with van der Waals surface area (Å²) < 4.78 is 3.12. The van der Waals surface area contributed by atoms with Crippen molar-refractivity contribution in [2.24, 2.45) is 11.8 Å². The van der Waals surface area contributed by atoms with E-state index >= 15 is 0 Å². The fourth-order valence-electron chi connectivity index (χ4n) is 2.66. The summed E-state index contributed by atoms with van der Waals surface area (Å²) in [5.74, 6) is 0.679. The third-order valence-corrected chi connectivity index (χ3v) is 4.90. The largest absolute Gasteiger partial charge is 0.481 e. The summed E-state index contributed by atoms with van der Waals surface area (Å²) in [7, 11) is 0. The number of hydrogen-bond donors (Lipinski definition) is 3. The first-order valence-corrected chi connectivity index (χ1v) is 7.69. The van der Waals surface area contributed by atoms with Gasteiger partial charge in [0.2, 0.25) is 0 Å². The van der Waals surface area contributed by atoms with Crippen molar-refractivity contribution >= 4 is 17.9 Å². The minimum absolute atomic E-state index is 0.188. The maximum Gasteiger partial charge on any atom is 0.306 e. The fraction of sp³-hybridized carbons (Fsp3) is 0.923. The molecule has 1 aliphatic rings. The molecule has 3 unspecified atom stereocenters. The highest BCUT2D eigenvalue weighted by atomic mass is 32.2. The number of rotatable bonds is 7. The van der Waals surface area contributed by atoms with Crippen LogP contribution in [0.1, 0.15) is 46.0 Å². The molecular weight excluding hydrogens is 250 g/mol. The van der Waals surface area contributed by atoms with Crippen molar-refractivity contribution < 1.29 is 15.0 Å². The lowest BCUT2D eigenvalue weighted by molar-refractivity contribution is -0.139. The van der Waals surface area contributed by atoms with Crippen molar-refractivity contribution in [1.29, 1.82) is 0 Å². The van der Waals surface area contributed by atoms with Gasteiger partial charge in [0.1, 0.15) is 0 Å². The lowest BCUT2D eigenvalue weighted by Crippen LogP contribution is -2.29. The third-order valence-electron chi connectivity index (χ3n) is 3.80. The predicted octanol–water partition coefficient (Wildman–Crippen LogP) is 2.27. The number of carbonyl (C=O) groups is 1. The molecule has 1 rings (SSSR count). The lowest BCUT2D eigenvalue weighted by atomic mass is 9.79. The summed E-state index contributed by atoms with van der Waals surface area (Å²) >= 11 is 1.67. The number of nitrogens with one attached hydrogen (secondary N) is 1. The van der Waals surface area contributed by atoms with Crippen LogP contribution in [-0.4, -0.2) is 34.1 Å². The first kappa shape index (κ1) is 15.8. The van der Waals surface area contributed by atoms with Crippen molar-refractivity contribution in [3.05, 3.63) is 0 Å². The number of carboxylic acid groups (broad SMARTS) is 1. The quantitative estimate of drug-likeness (QED) is 0.622. The molecule has 0 aromatic heterocycles. The Balaban J connectivity index is 2.15. The van der Waals surface area contributed by atoms with Gasteiger partial charge in [-0.3, -0.25) is 9.52 Å². The Kier molecular flexibility index (Phi) is 7.04. The summed E-state index contributed by atoms with van der Waals surface area (Å²) in [6.07, 6.45) is 4.00. The average molecular weight is 275 g/mol. The molecule has 0 radical (unpaired) electrons. The van der Waals surface area contributed by atoms with Crippen LogP contribution in [0, 0.1) is 11.8 Å². The van der Waals surface area contributed by atoms with Crippen LogP contribution in [0.3, 0.4) is 0 Å². The van der Waals surface area contributed by atoms with Crippen LogP contribution in [0.15, 0.2) is 0 Å². The van der Waals surface area contributed by atoms with E-state index in [-0.39, 0.29) is 6.42 Å². The minimum atomic E-state index is -0.952. The second-order valence-corrected chi connectivity index (χ2v) is 6.49. The summed E-state index contributed by atoms with van der Waals surface area (Å²) in [5, 5.41) is 18.5. The second-order valence-electron chi connectivity index (χ2n) is 5.30. The van der Waals surface area contributed by atoms with E-state index in [1.165, 1.54) is 25.7 Å². The van der Waals surface area contributed by atoms with E-state index in [4.69, 9.17) is 5.11 Å². The zero-order valence-corrected chi connectivity index (χ0v) is 12.1. The van der Waals surface area contributed by atoms with Crippen LogP contribution >= 0.6 is 11.9 Å². The molecule has 0 aromatic rings. The molecule has 4 atom stereocenters. The highest BCUT2D eigenvalue weighted by Crippen LogP contribution is 2.36. The van der Waals surface area contributed by atoms with Gasteiger partial charge in [-0.1, -0.05) is 32.2 Å². The minimum Gasteiger partial charge on any atom is -0.481 e. The van der Waals surface area contributed by atoms with Crippen LogP contribution in [0.2, 0.25) is 0 Å². The number of aliphatic carboxylic acids is 1. The predicted molar refractivity (Wildman–Crippen MR) is 74.4 cm³/mol. The first-order valence-electron chi connectivity index (χ1n) is 6.81. The van der Waals surface area contributed by atoms with Crippen LogP contribution < -0.4 is 4.72 Å². The van der Waals surface area contributed by atoms with E-state index in [0.717, 1.165) is 11.8 Å². The zero-order chi connectivity index (χ0) is 13.5. The highest BCUT2D eigenvalue weighted by molar-refractivity contribution is 7.98. The maximum absolute atomic E-state index is 10.4. The Morgan fingerprint density at radius 3 is 2.78 bits per heavy atom. The lowest BCUT2D eigenvalue weighted by Gasteiger charge is -2.33. The molecule has 1 fully saturated rings. The second kappa shape index (κ2) is 8.02. The van der Waals surface area contributed by atoms with Crippen LogP contribution in [0.5, 0.6) is 0 Å². The van der Waals surface area contributed by atoms with Gasteiger partial charge in [0.25, 0.3) is 0 Å². The monoisotopic (exact) mass is 275 g/mol. The highest BCUT2D eigenvalue weighted by Gasteiger charge is 2.26. The molecule has 5 heteroatoms. The normalized spacial score (nSPS) is 30.1. The molecule has 0 heterocycles. The molecule has 1 aliphatic carbocycles. The summed E-state index contributed by atoms with van der Waals surface area (Å²) in [5.41, 5.74) is 0. The number of aliphatic hydroxyl groups is 1. The molecule has 4 nitrogen and oxygen atoms in total. The molecule has 0 amide bonds. The molecule has 0 aromatic carbocycles. The SMILES string of the molecule is CC[C@@H]1CCC(SNCC(O)CC(=O)O)CC1C. The molecule has 1 saturated carbocycles. The average Bonchev–Trinajstić information content (AvgIpc) is 2.28. The van der Waals surface area contributed by atoms with Gasteiger partial charge in [0.15, 0.2) is 0 Å². The van der Waals surface area contributed by atoms with Gasteiger partial charge < -0.3 is 10.2 Å². The molecule has 3 N–H and O–H groups in total. The topological polar surface area (TPSA) is 69.6 Å². The van der Waals surface area contributed by atoms with Crippen molar-refractivity contribution in [2.75, 3.05) is 6.54 Å². The van der Waals surface area contributed by atoms with E-state index in [1.54, 1.807) is 11.9 Å². The molecule has 0 aliphatic heterocycles. The molecule has 106 valence electrons. The van der Waals surface area contributed by atoms with Crippen molar-refractivity contribution in [3.8, 4) is 0 Å². The van der Waals surface area contributed by atoms with Crippen LogP contribution in [0.25, 0.3) is 0 Å². The summed E-state index contributed by atoms with van der Waals surface area (Å²) in [4.78, 5) is 10.4. The Hall–Kier alpha value is -0.260. The van der Waals surface area contributed by atoms with Gasteiger partial charge in [0.05, 0.1) is 12.5 Å². The summed E-state index contributed by atoms with van der Waals surface area (Å²) in [6, 6.07) is 0. The maximum atomic E-state index is 10.4. The van der Waals surface area contributed by atoms with Gasteiger partial charge in [-0.15, -0.1) is 0 Å². The van der Waals surface area contributed by atoms with Gasteiger partial charge in [-0.05, 0) is 31.1 Å². The van der Waals surface area contributed by atoms with Crippen molar-refractivity contribution in [2.45, 2.75) is 57.3 Å². The van der Waals surface area contributed by atoms with Crippen molar-refractivity contribution in [3.63, 3.8) is 0 Å². The zero-order valence-electron chi connectivity index (χ0n) is 11.3. The number of aliphatic hydroxyl groups excluding tert-OH is 1. The first-order chi connectivity index (χ1) is 8.52. The van der Waals surface area contributed by atoms with Gasteiger partial charge in [0, 0.05) is 11.8 Å². The van der Waals surface area contributed by atoms with Crippen LogP contribution in [0.4, 0.5) is 0 Å². The standard InChI is InChI=1S/C13H25NO3S/c1-3-10-4-5-12(6-9(10)2)18-14-8-11(15)7-13(16)17/h9-12,14-15H,3-8H2,1-2H3,(H,16,17)/t9?,10-,11?,12?/m1/s1. The Bertz CT molecular complexity index is 263. The van der Waals surface area contributed by atoms with E-state index < -0.39 is 12.1 Å². The van der Waals surface area contributed by atoms with Crippen LogP contribution in [-0.2, 0) is 4.79 Å². The number of hydrogen-bond acceptors (Lipinski definition) is 4. The Morgan fingerprint density at radius 2 is 2.22 bits per heavy atom. The molecule has 0 saturated heterocycles. The third kappa shape index (κ3) is 5.59. The smallest absolute Gasteiger partial charge is 0.306 e. The number of carboxylic acids is 1. The van der Waals surface area contributed by atoms with E-state index in [1.807, 2.05) is 0 Å².